The Kier molecular flexibility index (Phi) is 5.69. The van der Waals surface area contributed by atoms with E-state index in [1.165, 1.54) is 7.05 Å². The molecule has 0 aromatic carbocycles. The van der Waals surface area contributed by atoms with Gasteiger partial charge >= 0.3 is 11.9 Å². The van der Waals surface area contributed by atoms with Crippen LogP contribution in [-0.4, -0.2) is 47.6 Å². The van der Waals surface area contributed by atoms with E-state index in [0.717, 1.165) is 0 Å². The quantitative estimate of drug-likeness (QED) is 0.530. The number of aliphatic carboxylic acids is 2. The molecule has 2 amide bonds. The van der Waals surface area contributed by atoms with E-state index in [4.69, 9.17) is 0 Å². The topological polar surface area (TPSA) is 133 Å². The van der Waals surface area contributed by atoms with E-state index in [1.807, 2.05) is 0 Å². The van der Waals surface area contributed by atoms with Crippen molar-refractivity contribution in [1.82, 2.24) is 10.6 Å². The Labute approximate surface area is 121 Å². The molecule has 0 aromatic heterocycles. The maximum atomic E-state index is 12.0. The van der Waals surface area contributed by atoms with Gasteiger partial charge in [0, 0.05) is 13.6 Å². The van der Waals surface area contributed by atoms with E-state index in [2.05, 4.69) is 10.6 Å². The van der Waals surface area contributed by atoms with Crippen LogP contribution in [0.1, 0.15) is 19.8 Å². The molecule has 1 aliphatic carbocycles. The molecule has 4 unspecified atom stereocenters. The fraction of sp³-hybridized carbons (Fsp3) is 0.692. The molecule has 0 spiro atoms. The Morgan fingerprint density at radius 3 is 1.67 bits per heavy atom. The molecule has 118 valence electrons. The zero-order valence-corrected chi connectivity index (χ0v) is 12.0. The molecule has 8 heteroatoms. The lowest BCUT2D eigenvalue weighted by atomic mass is 9.67. The number of amides is 2. The summed E-state index contributed by atoms with van der Waals surface area (Å²) in [6, 6.07) is 0. The monoisotopic (exact) mass is 300 g/mol. The van der Waals surface area contributed by atoms with Gasteiger partial charge in [0.2, 0.25) is 11.8 Å². The smallest absolute Gasteiger partial charge is 0.307 e. The molecule has 4 atom stereocenters. The first-order chi connectivity index (χ1) is 9.83. The SMILES string of the molecule is CCNC(=O)C1CC(C(=O)O)C(C(=O)NC)CC1C(=O)O. The second-order valence-corrected chi connectivity index (χ2v) is 5.08. The van der Waals surface area contributed by atoms with Gasteiger partial charge in [-0.3, -0.25) is 19.2 Å². The van der Waals surface area contributed by atoms with E-state index in [1.54, 1.807) is 6.92 Å². The predicted octanol–water partition coefficient (Wildman–Crippen LogP) is -0.704. The number of carboxylic acid groups (broad SMARTS) is 2. The van der Waals surface area contributed by atoms with Crippen molar-refractivity contribution in [2.45, 2.75) is 19.8 Å². The van der Waals surface area contributed by atoms with E-state index < -0.39 is 47.4 Å². The molecule has 0 aliphatic heterocycles. The van der Waals surface area contributed by atoms with Gasteiger partial charge in [-0.2, -0.15) is 0 Å². The Bertz CT molecular complexity index is 450. The minimum Gasteiger partial charge on any atom is -0.481 e. The van der Waals surface area contributed by atoms with E-state index in [9.17, 15) is 29.4 Å². The highest BCUT2D eigenvalue weighted by molar-refractivity contribution is 5.89. The van der Waals surface area contributed by atoms with Gasteiger partial charge in [-0.05, 0) is 19.8 Å². The first kappa shape index (κ1) is 16.9. The molecule has 8 nitrogen and oxygen atoms in total. The number of nitrogens with one attached hydrogen (secondary N) is 2. The lowest BCUT2D eigenvalue weighted by Crippen LogP contribution is -2.49. The lowest BCUT2D eigenvalue weighted by Gasteiger charge is -2.36. The zero-order valence-electron chi connectivity index (χ0n) is 12.0. The van der Waals surface area contributed by atoms with Crippen LogP contribution in [0, 0.1) is 23.7 Å². The van der Waals surface area contributed by atoms with Gasteiger partial charge in [0.15, 0.2) is 0 Å². The third-order valence-corrected chi connectivity index (χ3v) is 3.89. The van der Waals surface area contributed by atoms with Crippen molar-refractivity contribution < 1.29 is 29.4 Å². The molecule has 0 saturated heterocycles. The molecule has 0 bridgehead atoms. The van der Waals surface area contributed by atoms with Gasteiger partial charge in [0.25, 0.3) is 0 Å². The predicted molar refractivity (Wildman–Crippen MR) is 71.2 cm³/mol. The second-order valence-electron chi connectivity index (χ2n) is 5.08. The van der Waals surface area contributed by atoms with Gasteiger partial charge < -0.3 is 20.8 Å². The first-order valence-electron chi connectivity index (χ1n) is 6.78. The molecule has 0 aromatic rings. The Morgan fingerprint density at radius 1 is 0.905 bits per heavy atom. The summed E-state index contributed by atoms with van der Waals surface area (Å²) in [4.78, 5) is 46.4. The molecule has 4 N–H and O–H groups in total. The van der Waals surface area contributed by atoms with Gasteiger partial charge in [0.05, 0.1) is 23.7 Å². The lowest BCUT2D eigenvalue weighted by molar-refractivity contribution is -0.159. The normalized spacial score (nSPS) is 28.5. The number of hydrogen-bond acceptors (Lipinski definition) is 4. The third kappa shape index (κ3) is 3.71. The molecule has 21 heavy (non-hydrogen) atoms. The summed E-state index contributed by atoms with van der Waals surface area (Å²) in [5.74, 6) is -7.38. The zero-order chi connectivity index (χ0) is 16.2. The summed E-state index contributed by atoms with van der Waals surface area (Å²) >= 11 is 0. The molecular formula is C13H20N2O6. The summed E-state index contributed by atoms with van der Waals surface area (Å²) < 4.78 is 0. The van der Waals surface area contributed by atoms with Gasteiger partial charge in [-0.25, -0.2) is 0 Å². The van der Waals surface area contributed by atoms with Crippen molar-refractivity contribution in [1.29, 1.82) is 0 Å². The van der Waals surface area contributed by atoms with Crippen LogP contribution >= 0.6 is 0 Å². The number of hydrogen-bond donors (Lipinski definition) is 4. The van der Waals surface area contributed by atoms with Crippen LogP contribution < -0.4 is 10.6 Å². The molecule has 1 fully saturated rings. The van der Waals surface area contributed by atoms with Crippen LogP contribution in [0.5, 0.6) is 0 Å². The van der Waals surface area contributed by atoms with Crippen LogP contribution in [0.4, 0.5) is 0 Å². The van der Waals surface area contributed by atoms with Crippen LogP contribution in [0.25, 0.3) is 0 Å². The standard InChI is InChI=1S/C13H20N2O6/c1-3-15-11(17)7-5-8(12(18)19)6(10(16)14-2)4-9(7)13(20)21/h6-9H,3-5H2,1-2H3,(H,14,16)(H,15,17)(H,18,19)(H,20,21). The highest BCUT2D eigenvalue weighted by Crippen LogP contribution is 2.39. The minimum atomic E-state index is -1.19. The van der Waals surface area contributed by atoms with Crippen molar-refractivity contribution in [3.8, 4) is 0 Å². The molecule has 0 radical (unpaired) electrons. The molecular weight excluding hydrogens is 280 g/mol. The van der Waals surface area contributed by atoms with E-state index in [0.29, 0.717) is 6.54 Å². The number of carboxylic acids is 2. The number of carbonyl (C=O) groups excluding carboxylic acids is 2. The van der Waals surface area contributed by atoms with Gasteiger partial charge in [-0.1, -0.05) is 0 Å². The average molecular weight is 300 g/mol. The van der Waals surface area contributed by atoms with Crippen molar-refractivity contribution in [3.63, 3.8) is 0 Å². The Hall–Kier alpha value is -2.12. The van der Waals surface area contributed by atoms with Crippen molar-refractivity contribution in [2.75, 3.05) is 13.6 Å². The minimum absolute atomic E-state index is 0.157. The fourth-order valence-electron chi connectivity index (χ4n) is 2.82. The highest BCUT2D eigenvalue weighted by atomic mass is 16.4. The first-order valence-corrected chi connectivity index (χ1v) is 6.78. The largest absolute Gasteiger partial charge is 0.481 e. The van der Waals surface area contributed by atoms with Crippen molar-refractivity contribution in [3.05, 3.63) is 0 Å². The second kappa shape index (κ2) is 7.05. The van der Waals surface area contributed by atoms with E-state index in [-0.39, 0.29) is 12.8 Å². The third-order valence-electron chi connectivity index (χ3n) is 3.89. The van der Waals surface area contributed by atoms with Crippen LogP contribution in [0.15, 0.2) is 0 Å². The summed E-state index contributed by atoms with van der Waals surface area (Å²) in [6.07, 6.45) is -0.315. The van der Waals surface area contributed by atoms with Crippen LogP contribution in [0.2, 0.25) is 0 Å². The van der Waals surface area contributed by atoms with Gasteiger partial charge in [-0.15, -0.1) is 0 Å². The van der Waals surface area contributed by atoms with Crippen LogP contribution in [0.3, 0.4) is 0 Å². The average Bonchev–Trinajstić information content (AvgIpc) is 2.44. The Balaban J connectivity index is 3.07. The summed E-state index contributed by atoms with van der Waals surface area (Å²) in [7, 11) is 1.37. The summed E-state index contributed by atoms with van der Waals surface area (Å²) in [5, 5.41) is 23.4. The number of rotatable bonds is 5. The Morgan fingerprint density at radius 2 is 1.33 bits per heavy atom. The van der Waals surface area contributed by atoms with Crippen molar-refractivity contribution >= 4 is 23.8 Å². The maximum Gasteiger partial charge on any atom is 0.307 e. The maximum absolute atomic E-state index is 12.0. The van der Waals surface area contributed by atoms with Crippen molar-refractivity contribution in [2.24, 2.45) is 23.7 Å². The van der Waals surface area contributed by atoms with Gasteiger partial charge in [0.1, 0.15) is 0 Å². The highest BCUT2D eigenvalue weighted by Gasteiger charge is 2.48. The molecule has 0 heterocycles. The summed E-state index contributed by atoms with van der Waals surface area (Å²) in [6.45, 7) is 2.02. The molecule has 1 rings (SSSR count). The fourth-order valence-corrected chi connectivity index (χ4v) is 2.82. The summed E-state index contributed by atoms with van der Waals surface area (Å²) in [5.41, 5.74) is 0. The molecule has 1 saturated carbocycles. The van der Waals surface area contributed by atoms with E-state index >= 15 is 0 Å². The number of carbonyl (C=O) groups is 4. The molecule has 1 aliphatic rings. The van der Waals surface area contributed by atoms with Crippen LogP contribution in [-0.2, 0) is 19.2 Å².